The van der Waals surface area contributed by atoms with Gasteiger partial charge in [-0.05, 0) is 18.2 Å². The molecule has 0 aliphatic carbocycles. The van der Waals surface area contributed by atoms with E-state index in [9.17, 15) is 0 Å². The number of imidazole rings is 1. The Balaban J connectivity index is 1.61. The monoisotopic (exact) mass is 364 g/mol. The van der Waals surface area contributed by atoms with Crippen molar-refractivity contribution >= 4 is 46.0 Å². The third-order valence-corrected chi connectivity index (χ3v) is 4.29. The van der Waals surface area contributed by atoms with E-state index >= 15 is 0 Å². The number of halogens is 2. The Labute approximate surface area is 147 Å². The smallest absolute Gasteiger partial charge is 0.223 e. The summed E-state index contributed by atoms with van der Waals surface area (Å²) in [5, 5.41) is 0.980. The van der Waals surface area contributed by atoms with Crippen LogP contribution in [0.15, 0.2) is 24.3 Å². The second-order valence-corrected chi connectivity index (χ2v) is 6.32. The molecule has 1 atom stereocenters. The van der Waals surface area contributed by atoms with Gasteiger partial charge in [0.05, 0.1) is 24.2 Å². The third-order valence-electron chi connectivity index (χ3n) is 3.86. The number of benzene rings is 1. The van der Waals surface area contributed by atoms with Crippen LogP contribution in [0.4, 0.5) is 11.8 Å². The van der Waals surface area contributed by atoms with Gasteiger partial charge < -0.3 is 20.4 Å². The average Bonchev–Trinajstić information content (AvgIpc) is 2.97. The number of ether oxygens (including phenoxy) is 1. The van der Waals surface area contributed by atoms with Crippen LogP contribution in [0.5, 0.6) is 0 Å². The Morgan fingerprint density at radius 1 is 1.21 bits per heavy atom. The zero-order valence-electron chi connectivity index (χ0n) is 12.5. The van der Waals surface area contributed by atoms with Gasteiger partial charge in [-0.15, -0.1) is 0 Å². The number of aromatic nitrogens is 4. The van der Waals surface area contributed by atoms with Crippen LogP contribution < -0.4 is 10.6 Å². The van der Waals surface area contributed by atoms with Crippen LogP contribution in [0.3, 0.4) is 0 Å². The van der Waals surface area contributed by atoms with Crippen LogP contribution in [0.25, 0.3) is 11.0 Å². The zero-order chi connectivity index (χ0) is 16.7. The van der Waals surface area contributed by atoms with Gasteiger partial charge >= 0.3 is 0 Å². The molecular formula is C15H14Cl2N6O. The van der Waals surface area contributed by atoms with Crippen LogP contribution in [0.2, 0.25) is 10.2 Å². The minimum absolute atomic E-state index is 0.152. The van der Waals surface area contributed by atoms with E-state index in [1.807, 2.05) is 18.2 Å². The molecule has 0 spiro atoms. The predicted octanol–water partition coefficient (Wildman–Crippen LogP) is 2.82. The number of rotatable bonds is 2. The minimum atomic E-state index is -0.208. The van der Waals surface area contributed by atoms with Gasteiger partial charge in [0.25, 0.3) is 0 Å². The van der Waals surface area contributed by atoms with Crippen molar-refractivity contribution in [3.05, 3.63) is 40.3 Å². The first-order valence-corrected chi connectivity index (χ1v) is 8.16. The summed E-state index contributed by atoms with van der Waals surface area (Å²) in [6.07, 6.45) is -0.208. The molecule has 4 rings (SSSR count). The van der Waals surface area contributed by atoms with E-state index in [1.54, 1.807) is 6.07 Å². The van der Waals surface area contributed by atoms with Gasteiger partial charge in [0.2, 0.25) is 5.95 Å². The van der Waals surface area contributed by atoms with Crippen molar-refractivity contribution in [2.45, 2.75) is 6.10 Å². The van der Waals surface area contributed by atoms with Crippen molar-refractivity contribution < 1.29 is 4.74 Å². The lowest BCUT2D eigenvalue weighted by Crippen LogP contribution is -2.39. The van der Waals surface area contributed by atoms with Crippen molar-refractivity contribution in [3.8, 4) is 0 Å². The van der Waals surface area contributed by atoms with E-state index in [0.29, 0.717) is 35.7 Å². The number of hydrogen-bond donors (Lipinski definition) is 2. The normalized spacial score (nSPS) is 18.2. The summed E-state index contributed by atoms with van der Waals surface area (Å²) in [6, 6.07) is 7.23. The summed E-state index contributed by atoms with van der Waals surface area (Å²) in [5.74, 6) is 1.59. The highest BCUT2D eigenvalue weighted by atomic mass is 35.5. The minimum Gasteiger partial charge on any atom is -0.368 e. The molecule has 0 radical (unpaired) electrons. The standard InChI is InChI=1S/C15H14Cl2N6O/c16-8-1-2-9-10(5-8)20-14(19-9)11-7-23(3-4-24-11)13-6-12(17)21-15(18)22-13/h1-2,5-6,11H,3-4,7H2,(H,19,20)(H2,18,21,22). The Morgan fingerprint density at radius 3 is 2.92 bits per heavy atom. The maximum atomic E-state index is 6.02. The maximum Gasteiger partial charge on any atom is 0.223 e. The summed E-state index contributed by atoms with van der Waals surface area (Å²) in [5.41, 5.74) is 7.41. The first-order valence-electron chi connectivity index (χ1n) is 7.40. The molecule has 3 aromatic rings. The molecule has 1 aliphatic rings. The summed E-state index contributed by atoms with van der Waals surface area (Å²) >= 11 is 12.0. The zero-order valence-corrected chi connectivity index (χ0v) is 14.1. The van der Waals surface area contributed by atoms with Crippen molar-refractivity contribution in [3.63, 3.8) is 0 Å². The number of fused-ring (bicyclic) bond motifs is 1. The molecule has 9 heteroatoms. The number of H-pyrrole nitrogens is 1. The molecular weight excluding hydrogens is 351 g/mol. The number of nitrogens with zero attached hydrogens (tertiary/aromatic N) is 4. The van der Waals surface area contributed by atoms with E-state index in [2.05, 4.69) is 24.8 Å². The van der Waals surface area contributed by atoms with Gasteiger partial charge in [0, 0.05) is 17.6 Å². The van der Waals surface area contributed by atoms with Crippen LogP contribution >= 0.6 is 23.2 Å². The second kappa shape index (κ2) is 6.08. The highest BCUT2D eigenvalue weighted by Gasteiger charge is 2.26. The van der Waals surface area contributed by atoms with Gasteiger partial charge in [-0.25, -0.2) is 9.97 Å². The van der Waals surface area contributed by atoms with Gasteiger partial charge in [0.15, 0.2) is 0 Å². The topological polar surface area (TPSA) is 93.0 Å². The Hall–Kier alpha value is -2.09. The lowest BCUT2D eigenvalue weighted by molar-refractivity contribution is 0.0345. The number of morpholine rings is 1. The first kappa shape index (κ1) is 15.4. The van der Waals surface area contributed by atoms with Crippen LogP contribution in [-0.2, 0) is 4.74 Å². The highest BCUT2D eigenvalue weighted by molar-refractivity contribution is 6.31. The molecule has 1 aliphatic heterocycles. The van der Waals surface area contributed by atoms with E-state index < -0.39 is 0 Å². The Kier molecular flexibility index (Phi) is 3.91. The average molecular weight is 365 g/mol. The van der Waals surface area contributed by atoms with Crippen LogP contribution in [0.1, 0.15) is 11.9 Å². The molecule has 0 amide bonds. The SMILES string of the molecule is Nc1nc(Cl)cc(N2CCOC(c3nc4ccc(Cl)cc4[nH]3)C2)n1. The number of nitrogens with one attached hydrogen (secondary N) is 1. The number of nitrogen functional groups attached to an aromatic ring is 1. The second-order valence-electron chi connectivity index (χ2n) is 5.50. The molecule has 1 unspecified atom stereocenters. The number of hydrogen-bond acceptors (Lipinski definition) is 6. The fourth-order valence-electron chi connectivity index (χ4n) is 2.76. The van der Waals surface area contributed by atoms with E-state index in [1.165, 1.54) is 0 Å². The molecule has 1 fully saturated rings. The van der Waals surface area contributed by atoms with Crippen LogP contribution in [0, 0.1) is 0 Å². The molecule has 0 saturated carbocycles. The Morgan fingerprint density at radius 2 is 2.08 bits per heavy atom. The first-order chi connectivity index (χ1) is 11.6. The van der Waals surface area contributed by atoms with Crippen molar-refractivity contribution in [2.24, 2.45) is 0 Å². The van der Waals surface area contributed by atoms with Gasteiger partial charge in [0.1, 0.15) is 22.9 Å². The van der Waals surface area contributed by atoms with Gasteiger partial charge in [-0.1, -0.05) is 23.2 Å². The summed E-state index contributed by atoms with van der Waals surface area (Å²) < 4.78 is 5.86. The van der Waals surface area contributed by atoms with Gasteiger partial charge in [-0.2, -0.15) is 4.98 Å². The molecule has 0 bridgehead atoms. The fourth-order valence-corrected chi connectivity index (χ4v) is 3.12. The quantitative estimate of drug-likeness (QED) is 0.679. The molecule has 3 N–H and O–H groups in total. The molecule has 7 nitrogen and oxygen atoms in total. The molecule has 24 heavy (non-hydrogen) atoms. The van der Waals surface area contributed by atoms with Gasteiger partial charge in [-0.3, -0.25) is 0 Å². The number of nitrogens with two attached hydrogens (primary N) is 1. The lowest BCUT2D eigenvalue weighted by atomic mass is 10.2. The van der Waals surface area contributed by atoms with Crippen LogP contribution in [-0.4, -0.2) is 39.6 Å². The highest BCUT2D eigenvalue weighted by Crippen LogP contribution is 2.27. The number of aromatic amines is 1. The van der Waals surface area contributed by atoms with Crippen molar-refractivity contribution in [1.82, 2.24) is 19.9 Å². The van der Waals surface area contributed by atoms with E-state index in [0.717, 1.165) is 16.9 Å². The molecule has 2 aromatic heterocycles. The number of anilines is 2. The molecule has 1 aromatic carbocycles. The molecule has 3 heterocycles. The third kappa shape index (κ3) is 2.98. The maximum absolute atomic E-state index is 6.02. The van der Waals surface area contributed by atoms with Crippen molar-refractivity contribution in [1.29, 1.82) is 0 Å². The Bertz CT molecular complexity index is 879. The van der Waals surface area contributed by atoms with Crippen molar-refractivity contribution in [2.75, 3.05) is 30.3 Å². The lowest BCUT2D eigenvalue weighted by Gasteiger charge is -2.32. The van der Waals surface area contributed by atoms with E-state index in [-0.39, 0.29) is 12.1 Å². The molecule has 1 saturated heterocycles. The predicted molar refractivity (Wildman–Crippen MR) is 93.5 cm³/mol. The molecule has 124 valence electrons. The summed E-state index contributed by atoms with van der Waals surface area (Å²) in [7, 11) is 0. The largest absolute Gasteiger partial charge is 0.368 e. The summed E-state index contributed by atoms with van der Waals surface area (Å²) in [4.78, 5) is 18.0. The van der Waals surface area contributed by atoms with E-state index in [4.69, 9.17) is 33.7 Å². The fraction of sp³-hybridized carbons (Fsp3) is 0.267. The summed E-state index contributed by atoms with van der Waals surface area (Å²) in [6.45, 7) is 1.82.